The van der Waals surface area contributed by atoms with E-state index in [2.05, 4.69) is 0 Å². The van der Waals surface area contributed by atoms with Gasteiger partial charge in [-0.15, -0.1) is 0 Å². The van der Waals surface area contributed by atoms with Gasteiger partial charge < -0.3 is 0 Å². The van der Waals surface area contributed by atoms with Gasteiger partial charge >= 0.3 is 0 Å². The Morgan fingerprint density at radius 1 is 0.739 bits per heavy atom. The maximum absolute atomic E-state index is 11.4. The molecule has 2 N–H and O–H groups in total. The summed E-state index contributed by atoms with van der Waals surface area (Å²) in [6, 6.07) is 22.0. The molecule has 0 aromatic heterocycles. The molecule has 0 fully saturated rings. The molecule has 3 aromatic rings. The molecule has 0 radical (unpaired) electrons. The van der Waals surface area contributed by atoms with E-state index in [4.69, 9.17) is 16.7 Å². The van der Waals surface area contributed by atoms with Crippen molar-refractivity contribution in [2.75, 3.05) is 0 Å². The molecule has 3 aromatic carbocycles. The van der Waals surface area contributed by atoms with Gasteiger partial charge in [-0.25, -0.2) is 13.6 Å². The van der Waals surface area contributed by atoms with E-state index in [1.807, 2.05) is 48.5 Å². The number of hydrogen-bond acceptors (Lipinski definition) is 2. The molecule has 0 amide bonds. The van der Waals surface area contributed by atoms with Crippen LogP contribution in [0.5, 0.6) is 0 Å². The second-order valence-electron chi connectivity index (χ2n) is 5.13. The van der Waals surface area contributed by atoms with Gasteiger partial charge in [-0.3, -0.25) is 0 Å². The zero-order valence-corrected chi connectivity index (χ0v) is 13.7. The minimum Gasteiger partial charge on any atom is -0.225 e. The number of hydrogen-bond donors (Lipinski definition) is 1. The van der Waals surface area contributed by atoms with Gasteiger partial charge in [0, 0.05) is 5.02 Å². The topological polar surface area (TPSA) is 60.2 Å². The summed E-state index contributed by atoms with van der Waals surface area (Å²) in [5, 5.41) is 5.81. The zero-order valence-electron chi connectivity index (χ0n) is 12.1. The van der Waals surface area contributed by atoms with Crippen LogP contribution in [0.4, 0.5) is 0 Å². The third kappa shape index (κ3) is 3.45. The lowest BCUT2D eigenvalue weighted by atomic mass is 9.95. The summed E-state index contributed by atoms with van der Waals surface area (Å²) in [6.45, 7) is 0. The molecule has 0 saturated carbocycles. The summed E-state index contributed by atoms with van der Waals surface area (Å²) in [5.41, 5.74) is 3.94. The van der Waals surface area contributed by atoms with Crippen molar-refractivity contribution >= 4 is 21.6 Å². The van der Waals surface area contributed by atoms with Crippen LogP contribution in [0.1, 0.15) is 0 Å². The van der Waals surface area contributed by atoms with Gasteiger partial charge in [-0.2, -0.15) is 0 Å². The van der Waals surface area contributed by atoms with Crippen LogP contribution in [-0.2, 0) is 10.0 Å². The number of primary sulfonamides is 1. The third-order valence-corrected chi connectivity index (χ3v) is 4.72. The maximum Gasteiger partial charge on any atom is 0.238 e. The Morgan fingerprint density at radius 2 is 1.35 bits per heavy atom. The van der Waals surface area contributed by atoms with Crippen molar-refractivity contribution in [1.29, 1.82) is 0 Å². The molecule has 3 nitrogen and oxygen atoms in total. The summed E-state index contributed by atoms with van der Waals surface area (Å²) in [6.07, 6.45) is 0. The van der Waals surface area contributed by atoms with Gasteiger partial charge in [0.05, 0.1) is 4.90 Å². The second-order valence-corrected chi connectivity index (χ2v) is 7.12. The van der Waals surface area contributed by atoms with Gasteiger partial charge in [-0.05, 0) is 46.5 Å². The molecule has 0 atom stereocenters. The molecular formula is C18H14ClNO2S. The van der Waals surface area contributed by atoms with Gasteiger partial charge in [0.2, 0.25) is 10.0 Å². The van der Waals surface area contributed by atoms with E-state index in [1.54, 1.807) is 12.1 Å². The van der Waals surface area contributed by atoms with E-state index < -0.39 is 10.0 Å². The summed E-state index contributed by atoms with van der Waals surface area (Å²) < 4.78 is 22.7. The molecular weight excluding hydrogens is 330 g/mol. The first-order valence-corrected chi connectivity index (χ1v) is 8.86. The lowest BCUT2D eigenvalue weighted by Gasteiger charge is -2.11. The molecule has 0 unspecified atom stereocenters. The van der Waals surface area contributed by atoms with Crippen molar-refractivity contribution in [2.45, 2.75) is 4.90 Å². The smallest absolute Gasteiger partial charge is 0.225 e. The quantitative estimate of drug-likeness (QED) is 0.769. The van der Waals surface area contributed by atoms with Gasteiger partial charge in [0.15, 0.2) is 0 Å². The first-order chi connectivity index (χ1) is 10.9. The van der Waals surface area contributed by atoms with Crippen molar-refractivity contribution < 1.29 is 8.42 Å². The Morgan fingerprint density at radius 3 is 1.91 bits per heavy atom. The van der Waals surface area contributed by atoms with Crippen LogP contribution in [0.2, 0.25) is 5.02 Å². The molecule has 0 saturated heterocycles. The van der Waals surface area contributed by atoms with E-state index >= 15 is 0 Å². The predicted octanol–water partition coefficient (Wildman–Crippen LogP) is 4.32. The van der Waals surface area contributed by atoms with E-state index in [0.717, 1.165) is 22.3 Å². The molecule has 5 heteroatoms. The fourth-order valence-electron chi connectivity index (χ4n) is 2.47. The van der Waals surface area contributed by atoms with Crippen molar-refractivity contribution in [3.63, 3.8) is 0 Å². The van der Waals surface area contributed by atoms with Crippen LogP contribution >= 0.6 is 11.6 Å². The number of sulfonamides is 1. The molecule has 3 rings (SSSR count). The summed E-state index contributed by atoms with van der Waals surface area (Å²) in [7, 11) is -3.69. The molecule has 0 heterocycles. The summed E-state index contributed by atoms with van der Waals surface area (Å²) in [5.74, 6) is 0. The van der Waals surface area contributed by atoms with E-state index in [1.165, 1.54) is 12.1 Å². The van der Waals surface area contributed by atoms with Crippen molar-refractivity contribution in [3.8, 4) is 22.3 Å². The lowest BCUT2D eigenvalue weighted by molar-refractivity contribution is 0.598. The maximum atomic E-state index is 11.4. The Kier molecular flexibility index (Phi) is 4.22. The number of nitrogens with two attached hydrogens (primary N) is 1. The summed E-state index contributed by atoms with van der Waals surface area (Å²) in [4.78, 5) is 0.0986. The van der Waals surface area contributed by atoms with Gasteiger partial charge in [0.1, 0.15) is 0 Å². The molecule has 0 spiro atoms. The number of rotatable bonds is 3. The van der Waals surface area contributed by atoms with Crippen LogP contribution in [0.15, 0.2) is 77.7 Å². The standard InChI is InChI=1S/C18H14ClNO2S/c19-15-5-3-4-14(12-15)18-7-2-1-6-17(18)13-8-10-16(11-9-13)23(20,21)22/h1-12H,(H2,20,21,22). The molecule has 116 valence electrons. The van der Waals surface area contributed by atoms with Crippen LogP contribution < -0.4 is 5.14 Å². The SMILES string of the molecule is NS(=O)(=O)c1ccc(-c2ccccc2-c2cccc(Cl)c2)cc1. The molecule has 0 aliphatic rings. The van der Waals surface area contributed by atoms with Crippen LogP contribution in [0, 0.1) is 0 Å². The zero-order chi connectivity index (χ0) is 16.4. The number of halogens is 1. The molecule has 0 aliphatic carbocycles. The first-order valence-electron chi connectivity index (χ1n) is 6.93. The monoisotopic (exact) mass is 343 g/mol. The van der Waals surface area contributed by atoms with Crippen LogP contribution in [0.3, 0.4) is 0 Å². The molecule has 0 aliphatic heterocycles. The normalized spacial score (nSPS) is 11.4. The first kappa shape index (κ1) is 15.7. The van der Waals surface area contributed by atoms with Crippen molar-refractivity contribution in [2.24, 2.45) is 5.14 Å². The number of benzene rings is 3. The van der Waals surface area contributed by atoms with E-state index in [-0.39, 0.29) is 4.90 Å². The predicted molar refractivity (Wildman–Crippen MR) is 93.7 cm³/mol. The Balaban J connectivity index is 2.11. The van der Waals surface area contributed by atoms with E-state index in [9.17, 15) is 8.42 Å². The summed E-state index contributed by atoms with van der Waals surface area (Å²) >= 11 is 6.08. The fraction of sp³-hybridized carbons (Fsp3) is 0. The van der Waals surface area contributed by atoms with Crippen molar-refractivity contribution in [1.82, 2.24) is 0 Å². The Bertz CT molecular complexity index is 951. The minimum absolute atomic E-state index is 0.0986. The fourth-order valence-corrected chi connectivity index (χ4v) is 3.17. The molecule has 0 bridgehead atoms. The minimum atomic E-state index is -3.69. The average Bonchev–Trinajstić information content (AvgIpc) is 2.54. The second kappa shape index (κ2) is 6.16. The molecule has 23 heavy (non-hydrogen) atoms. The Hall–Kier alpha value is -2.14. The highest BCUT2D eigenvalue weighted by Gasteiger charge is 2.10. The average molecular weight is 344 g/mol. The highest BCUT2D eigenvalue weighted by atomic mass is 35.5. The van der Waals surface area contributed by atoms with Gasteiger partial charge in [-0.1, -0.05) is 60.1 Å². The van der Waals surface area contributed by atoms with Crippen LogP contribution in [0.25, 0.3) is 22.3 Å². The van der Waals surface area contributed by atoms with Crippen molar-refractivity contribution in [3.05, 3.63) is 77.8 Å². The largest absolute Gasteiger partial charge is 0.238 e. The third-order valence-electron chi connectivity index (χ3n) is 3.56. The highest BCUT2D eigenvalue weighted by molar-refractivity contribution is 7.89. The Labute approximate surface area is 140 Å². The van der Waals surface area contributed by atoms with Crippen LogP contribution in [-0.4, -0.2) is 8.42 Å². The van der Waals surface area contributed by atoms with Gasteiger partial charge in [0.25, 0.3) is 0 Å². The van der Waals surface area contributed by atoms with E-state index in [0.29, 0.717) is 5.02 Å². The highest BCUT2D eigenvalue weighted by Crippen LogP contribution is 2.33. The lowest BCUT2D eigenvalue weighted by Crippen LogP contribution is -2.11.